The maximum atomic E-state index is 12.2. The number of alkyl halides is 6. The minimum atomic E-state index is -5.65. The van der Waals surface area contributed by atoms with Gasteiger partial charge in [-0.05, 0) is 6.42 Å². The second-order valence-corrected chi connectivity index (χ2v) is 5.53. The summed E-state index contributed by atoms with van der Waals surface area (Å²) >= 11 is 0. The van der Waals surface area contributed by atoms with Gasteiger partial charge in [0.25, 0.3) is 6.10 Å². The summed E-state index contributed by atoms with van der Waals surface area (Å²) in [7, 11) is 0. The van der Waals surface area contributed by atoms with E-state index in [9.17, 15) is 31.1 Å². The van der Waals surface area contributed by atoms with Gasteiger partial charge in [0.15, 0.2) is 0 Å². The second-order valence-electron chi connectivity index (χ2n) is 5.53. The maximum absolute atomic E-state index is 12.2. The molecule has 0 aromatic rings. The van der Waals surface area contributed by atoms with Crippen molar-refractivity contribution in [3.05, 3.63) is 0 Å². The zero-order chi connectivity index (χ0) is 17.9. The van der Waals surface area contributed by atoms with Crippen LogP contribution in [0.3, 0.4) is 0 Å². The van der Waals surface area contributed by atoms with Gasteiger partial charge >= 0.3 is 18.3 Å². The number of rotatable bonds is 11. The number of carbonyl (C=O) groups is 1. The first kappa shape index (κ1) is 22.1. The van der Waals surface area contributed by atoms with Gasteiger partial charge in [-0.3, -0.25) is 4.79 Å². The number of carbonyl (C=O) groups excluding carboxylic acids is 1. The summed E-state index contributed by atoms with van der Waals surface area (Å²) in [6.45, 7) is 2.11. The van der Waals surface area contributed by atoms with Crippen molar-refractivity contribution < 1.29 is 35.9 Å². The summed E-state index contributed by atoms with van der Waals surface area (Å²) in [6.07, 6.45) is -7.51. The van der Waals surface area contributed by atoms with Gasteiger partial charge in [-0.2, -0.15) is 26.3 Å². The minimum Gasteiger partial charge on any atom is -0.443 e. The molecule has 0 saturated carbocycles. The van der Waals surface area contributed by atoms with Crippen molar-refractivity contribution in [2.24, 2.45) is 0 Å². The molecule has 0 unspecified atom stereocenters. The van der Waals surface area contributed by atoms with E-state index < -0.39 is 30.8 Å². The van der Waals surface area contributed by atoms with Crippen LogP contribution in [0, 0.1) is 0 Å². The first-order chi connectivity index (χ1) is 10.6. The van der Waals surface area contributed by atoms with E-state index in [-0.39, 0.29) is 6.42 Å². The average molecular weight is 350 g/mol. The van der Waals surface area contributed by atoms with Crippen LogP contribution >= 0.6 is 0 Å². The van der Waals surface area contributed by atoms with Crippen LogP contribution in [0.25, 0.3) is 0 Å². The fourth-order valence-corrected chi connectivity index (χ4v) is 2.09. The number of ether oxygens (including phenoxy) is 1. The van der Waals surface area contributed by atoms with Crippen LogP contribution in [-0.4, -0.2) is 24.4 Å². The summed E-state index contributed by atoms with van der Waals surface area (Å²) < 4.78 is 76.7. The Morgan fingerprint density at radius 3 is 1.57 bits per heavy atom. The van der Waals surface area contributed by atoms with E-state index in [1.807, 2.05) is 0 Å². The van der Waals surface area contributed by atoms with E-state index in [1.165, 1.54) is 12.8 Å². The van der Waals surface area contributed by atoms with Gasteiger partial charge in [-0.1, -0.05) is 58.3 Å². The lowest BCUT2D eigenvalue weighted by atomic mass is 10.1. The fourth-order valence-electron chi connectivity index (χ4n) is 2.09. The Morgan fingerprint density at radius 1 is 0.783 bits per heavy atom. The molecule has 0 heterocycles. The highest BCUT2D eigenvalue weighted by Crippen LogP contribution is 2.35. The molecule has 0 saturated heterocycles. The van der Waals surface area contributed by atoms with Crippen molar-refractivity contribution in [2.75, 3.05) is 0 Å². The highest BCUT2D eigenvalue weighted by atomic mass is 19.4. The Hall–Kier alpha value is -0.950. The van der Waals surface area contributed by atoms with Gasteiger partial charge in [0.2, 0.25) is 0 Å². The number of hydrogen-bond donors (Lipinski definition) is 0. The molecule has 0 aliphatic rings. The standard InChI is InChI=1S/C15H24F6O2/c1-2-3-4-5-6-7-8-9-10-11-12(22)23-13(14(16,17)18)15(19,20)21/h13H,2-11H2,1H3. The van der Waals surface area contributed by atoms with Crippen molar-refractivity contribution >= 4 is 5.97 Å². The SMILES string of the molecule is CCCCCCCCCCCC(=O)OC(C(F)(F)F)C(F)(F)F. The third-order valence-corrected chi connectivity index (χ3v) is 3.33. The Morgan fingerprint density at radius 2 is 1.17 bits per heavy atom. The average Bonchev–Trinajstić information content (AvgIpc) is 2.40. The van der Waals surface area contributed by atoms with Crippen molar-refractivity contribution in [3.63, 3.8) is 0 Å². The molecule has 0 fully saturated rings. The van der Waals surface area contributed by atoms with Gasteiger partial charge < -0.3 is 4.74 Å². The van der Waals surface area contributed by atoms with Crippen LogP contribution in [0.2, 0.25) is 0 Å². The van der Waals surface area contributed by atoms with Gasteiger partial charge in [0.05, 0.1) is 0 Å². The third-order valence-electron chi connectivity index (χ3n) is 3.33. The highest BCUT2D eigenvalue weighted by Gasteiger charge is 2.59. The fraction of sp³-hybridized carbons (Fsp3) is 0.933. The molecule has 0 amide bonds. The molecule has 2 nitrogen and oxygen atoms in total. The number of unbranched alkanes of at least 4 members (excludes halogenated alkanes) is 8. The minimum absolute atomic E-state index is 0.232. The van der Waals surface area contributed by atoms with Crippen LogP contribution in [0.4, 0.5) is 26.3 Å². The number of esters is 1. The summed E-state index contributed by atoms with van der Waals surface area (Å²) in [4.78, 5) is 11.1. The van der Waals surface area contributed by atoms with E-state index in [0.717, 1.165) is 32.1 Å². The molecule has 0 spiro atoms. The molecule has 0 atom stereocenters. The molecular weight excluding hydrogens is 326 g/mol. The molecule has 0 rings (SSSR count). The monoisotopic (exact) mass is 350 g/mol. The Kier molecular flexibility index (Phi) is 10.3. The Bertz CT molecular complexity index is 311. The normalized spacial score (nSPS) is 12.7. The van der Waals surface area contributed by atoms with Gasteiger partial charge in [0.1, 0.15) is 0 Å². The van der Waals surface area contributed by atoms with Crippen LogP contribution in [0.1, 0.15) is 71.1 Å². The first-order valence-electron chi connectivity index (χ1n) is 7.92. The van der Waals surface area contributed by atoms with E-state index in [2.05, 4.69) is 11.7 Å². The predicted molar refractivity (Wildman–Crippen MR) is 73.8 cm³/mol. The predicted octanol–water partition coefficient (Wildman–Crippen LogP) is 5.94. The lowest BCUT2D eigenvalue weighted by Crippen LogP contribution is -2.45. The van der Waals surface area contributed by atoms with E-state index in [0.29, 0.717) is 6.42 Å². The van der Waals surface area contributed by atoms with Crippen molar-refractivity contribution in [2.45, 2.75) is 89.6 Å². The molecule has 0 bridgehead atoms. The van der Waals surface area contributed by atoms with Crippen LogP contribution in [0.5, 0.6) is 0 Å². The molecular formula is C15H24F6O2. The third kappa shape index (κ3) is 11.3. The highest BCUT2D eigenvalue weighted by molar-refractivity contribution is 5.69. The lowest BCUT2D eigenvalue weighted by Gasteiger charge is -2.22. The topological polar surface area (TPSA) is 26.3 Å². The summed E-state index contributed by atoms with van der Waals surface area (Å²) in [5, 5.41) is 0. The van der Waals surface area contributed by atoms with Crippen LogP contribution in [0.15, 0.2) is 0 Å². The second kappa shape index (κ2) is 10.8. The molecule has 0 aromatic carbocycles. The summed E-state index contributed by atoms with van der Waals surface area (Å²) in [5.41, 5.74) is 0. The lowest BCUT2D eigenvalue weighted by molar-refractivity contribution is -0.313. The molecule has 0 aromatic heterocycles. The summed E-state index contributed by atoms with van der Waals surface area (Å²) in [5.74, 6) is -1.47. The van der Waals surface area contributed by atoms with E-state index in [1.54, 1.807) is 0 Å². The number of hydrogen-bond acceptors (Lipinski definition) is 2. The quantitative estimate of drug-likeness (QED) is 0.262. The van der Waals surface area contributed by atoms with Crippen molar-refractivity contribution in [1.82, 2.24) is 0 Å². The smallest absolute Gasteiger partial charge is 0.434 e. The molecule has 0 radical (unpaired) electrons. The summed E-state index contributed by atoms with van der Waals surface area (Å²) in [6, 6.07) is 0. The van der Waals surface area contributed by atoms with Crippen LogP contribution in [-0.2, 0) is 9.53 Å². The van der Waals surface area contributed by atoms with Gasteiger partial charge in [-0.25, -0.2) is 0 Å². The van der Waals surface area contributed by atoms with Gasteiger partial charge in [0, 0.05) is 6.42 Å². The maximum Gasteiger partial charge on any atom is 0.434 e. The zero-order valence-electron chi connectivity index (χ0n) is 13.2. The van der Waals surface area contributed by atoms with E-state index >= 15 is 0 Å². The largest absolute Gasteiger partial charge is 0.443 e. The van der Waals surface area contributed by atoms with Gasteiger partial charge in [-0.15, -0.1) is 0 Å². The van der Waals surface area contributed by atoms with Crippen LogP contribution < -0.4 is 0 Å². The number of halogens is 6. The van der Waals surface area contributed by atoms with E-state index in [4.69, 9.17) is 0 Å². The van der Waals surface area contributed by atoms with Crippen molar-refractivity contribution in [3.8, 4) is 0 Å². The first-order valence-corrected chi connectivity index (χ1v) is 7.92. The molecule has 0 aliphatic heterocycles. The zero-order valence-corrected chi connectivity index (χ0v) is 13.2. The molecule has 8 heteroatoms. The molecule has 23 heavy (non-hydrogen) atoms. The van der Waals surface area contributed by atoms with Crippen molar-refractivity contribution in [1.29, 1.82) is 0 Å². The molecule has 138 valence electrons. The molecule has 0 aliphatic carbocycles. The molecule has 0 N–H and O–H groups in total. The Labute approximate surface area is 132 Å². The Balaban J connectivity index is 3.85.